The van der Waals surface area contributed by atoms with Crippen LogP contribution in [0.25, 0.3) is 11.0 Å². The molecule has 0 unspecified atom stereocenters. The molecule has 0 amide bonds. The zero-order chi connectivity index (χ0) is 12.5. The number of nitrogens with one attached hydrogen (secondary N) is 2. The molecule has 0 aliphatic rings. The van der Waals surface area contributed by atoms with Gasteiger partial charge in [0, 0.05) is 18.6 Å². The highest BCUT2D eigenvalue weighted by molar-refractivity contribution is 5.77. The summed E-state index contributed by atoms with van der Waals surface area (Å²) in [6, 6.07) is 4.42. The number of anilines is 1. The number of H-pyrrole nitrogens is 1. The number of imidazole rings is 1. The second-order valence-electron chi connectivity index (χ2n) is 4.92. The monoisotopic (exact) mass is 237 g/mol. The van der Waals surface area contributed by atoms with Gasteiger partial charge in [0.2, 0.25) is 5.95 Å². The van der Waals surface area contributed by atoms with E-state index in [0.29, 0.717) is 18.0 Å². The van der Waals surface area contributed by atoms with Crippen molar-refractivity contribution < 1.29 is 9.50 Å². The molecular weight excluding hydrogens is 221 g/mol. The Morgan fingerprint density at radius 1 is 1.47 bits per heavy atom. The molecule has 3 N–H and O–H groups in total. The second kappa shape index (κ2) is 4.33. The van der Waals surface area contributed by atoms with E-state index in [9.17, 15) is 4.39 Å². The number of benzene rings is 1. The molecule has 0 bridgehead atoms. The molecule has 0 radical (unpaired) electrons. The van der Waals surface area contributed by atoms with Gasteiger partial charge in [0.1, 0.15) is 5.82 Å². The lowest BCUT2D eigenvalue weighted by Gasteiger charge is -2.21. The van der Waals surface area contributed by atoms with Crippen molar-refractivity contribution in [3.05, 3.63) is 24.0 Å². The molecule has 0 aliphatic heterocycles. The summed E-state index contributed by atoms with van der Waals surface area (Å²) in [5.74, 6) is 0.301. The molecule has 0 aliphatic carbocycles. The Morgan fingerprint density at radius 2 is 2.24 bits per heavy atom. The molecule has 0 saturated heterocycles. The highest BCUT2D eigenvalue weighted by Gasteiger charge is 2.16. The maximum Gasteiger partial charge on any atom is 0.201 e. The Kier molecular flexibility index (Phi) is 3.02. The third-order valence-corrected chi connectivity index (χ3v) is 2.61. The van der Waals surface area contributed by atoms with Gasteiger partial charge in [0.25, 0.3) is 0 Å². The van der Waals surface area contributed by atoms with Crippen LogP contribution < -0.4 is 5.32 Å². The number of nitrogens with zero attached hydrogens (tertiary/aromatic N) is 1. The molecular formula is C12H16FN3O. The smallest absolute Gasteiger partial charge is 0.201 e. The summed E-state index contributed by atoms with van der Waals surface area (Å²) in [6.07, 6.45) is 0. The van der Waals surface area contributed by atoms with Gasteiger partial charge >= 0.3 is 0 Å². The lowest BCUT2D eigenvalue weighted by Crippen LogP contribution is -2.27. The molecule has 17 heavy (non-hydrogen) atoms. The van der Waals surface area contributed by atoms with Crippen LogP contribution in [0.3, 0.4) is 0 Å². The third-order valence-electron chi connectivity index (χ3n) is 2.61. The van der Waals surface area contributed by atoms with Gasteiger partial charge in [-0.2, -0.15) is 0 Å². The molecule has 1 aromatic carbocycles. The maximum absolute atomic E-state index is 13.0. The molecule has 5 heteroatoms. The fourth-order valence-electron chi connectivity index (χ4n) is 1.44. The van der Waals surface area contributed by atoms with Gasteiger partial charge < -0.3 is 15.4 Å². The number of rotatable bonds is 4. The van der Waals surface area contributed by atoms with Gasteiger partial charge in [-0.05, 0) is 18.2 Å². The van der Waals surface area contributed by atoms with Gasteiger partial charge in [-0.15, -0.1) is 0 Å². The number of aliphatic hydroxyl groups is 1. The summed E-state index contributed by atoms with van der Waals surface area (Å²) < 4.78 is 13.0. The number of fused-ring (bicyclic) bond motifs is 1. The highest BCUT2D eigenvalue weighted by atomic mass is 19.1. The largest absolute Gasteiger partial charge is 0.396 e. The van der Waals surface area contributed by atoms with E-state index < -0.39 is 0 Å². The molecule has 92 valence electrons. The van der Waals surface area contributed by atoms with Crippen molar-refractivity contribution in [1.29, 1.82) is 0 Å². The molecule has 4 nitrogen and oxygen atoms in total. The number of hydrogen-bond donors (Lipinski definition) is 3. The normalized spacial score (nSPS) is 12.0. The minimum Gasteiger partial charge on any atom is -0.396 e. The quantitative estimate of drug-likeness (QED) is 0.763. The van der Waals surface area contributed by atoms with Gasteiger partial charge in [-0.1, -0.05) is 13.8 Å². The van der Waals surface area contributed by atoms with E-state index in [1.54, 1.807) is 6.07 Å². The first-order chi connectivity index (χ1) is 8.00. The maximum atomic E-state index is 13.0. The standard InChI is InChI=1S/C12H16FN3O/c1-12(2,7-17)6-14-11-15-9-4-3-8(13)5-10(9)16-11/h3-5,17H,6-7H2,1-2H3,(H2,14,15,16). The molecule has 0 atom stereocenters. The van der Waals surface area contributed by atoms with E-state index in [4.69, 9.17) is 5.11 Å². The first-order valence-corrected chi connectivity index (χ1v) is 5.50. The van der Waals surface area contributed by atoms with E-state index in [1.165, 1.54) is 12.1 Å². The van der Waals surface area contributed by atoms with Crippen LogP contribution in [0.1, 0.15) is 13.8 Å². The first-order valence-electron chi connectivity index (χ1n) is 5.50. The number of hydrogen-bond acceptors (Lipinski definition) is 3. The summed E-state index contributed by atoms with van der Waals surface area (Å²) >= 11 is 0. The van der Waals surface area contributed by atoms with Crippen LogP contribution in [0.4, 0.5) is 10.3 Å². The zero-order valence-corrected chi connectivity index (χ0v) is 9.92. The minimum atomic E-state index is -0.289. The molecule has 1 aromatic heterocycles. The Hall–Kier alpha value is -1.62. The van der Waals surface area contributed by atoms with Crippen molar-refractivity contribution in [1.82, 2.24) is 9.97 Å². The van der Waals surface area contributed by atoms with Crippen LogP contribution in [-0.2, 0) is 0 Å². The van der Waals surface area contributed by atoms with Crippen molar-refractivity contribution >= 4 is 17.0 Å². The predicted octanol–water partition coefficient (Wildman–Crippen LogP) is 2.13. The van der Waals surface area contributed by atoms with Crippen LogP contribution in [0.2, 0.25) is 0 Å². The van der Waals surface area contributed by atoms with Crippen LogP contribution >= 0.6 is 0 Å². The highest BCUT2D eigenvalue weighted by Crippen LogP contribution is 2.18. The van der Waals surface area contributed by atoms with E-state index in [0.717, 1.165) is 5.52 Å². The molecule has 0 fully saturated rings. The third kappa shape index (κ3) is 2.74. The molecule has 1 heterocycles. The van der Waals surface area contributed by atoms with Crippen molar-refractivity contribution in [3.8, 4) is 0 Å². The second-order valence-corrected chi connectivity index (χ2v) is 4.92. The molecule has 0 spiro atoms. The summed E-state index contributed by atoms with van der Waals surface area (Å²) in [5, 5.41) is 12.2. The molecule has 2 aromatic rings. The van der Waals surface area contributed by atoms with Gasteiger partial charge in [0.15, 0.2) is 0 Å². The Balaban J connectivity index is 2.15. The number of aromatic amines is 1. The number of halogens is 1. The minimum absolute atomic E-state index is 0.0921. The first kappa shape index (κ1) is 11.9. The lowest BCUT2D eigenvalue weighted by atomic mass is 9.95. The average Bonchev–Trinajstić information content (AvgIpc) is 2.68. The van der Waals surface area contributed by atoms with Gasteiger partial charge in [-0.3, -0.25) is 0 Å². The van der Waals surface area contributed by atoms with Crippen LogP contribution in [0.5, 0.6) is 0 Å². The van der Waals surface area contributed by atoms with E-state index >= 15 is 0 Å². The molecule has 2 rings (SSSR count). The van der Waals surface area contributed by atoms with Crippen molar-refractivity contribution in [2.75, 3.05) is 18.5 Å². The summed E-state index contributed by atoms with van der Waals surface area (Å²) in [6.45, 7) is 4.57. The van der Waals surface area contributed by atoms with Gasteiger partial charge in [-0.25, -0.2) is 9.37 Å². The fraction of sp³-hybridized carbons (Fsp3) is 0.417. The summed E-state index contributed by atoms with van der Waals surface area (Å²) in [5.41, 5.74) is 1.16. The van der Waals surface area contributed by atoms with Crippen LogP contribution in [-0.4, -0.2) is 28.2 Å². The van der Waals surface area contributed by atoms with E-state index in [-0.39, 0.29) is 17.8 Å². The van der Waals surface area contributed by atoms with Crippen LogP contribution in [0.15, 0.2) is 18.2 Å². The van der Waals surface area contributed by atoms with Crippen molar-refractivity contribution in [2.24, 2.45) is 5.41 Å². The van der Waals surface area contributed by atoms with Crippen molar-refractivity contribution in [2.45, 2.75) is 13.8 Å². The Morgan fingerprint density at radius 3 is 2.94 bits per heavy atom. The Labute approximate surface area is 98.9 Å². The number of aliphatic hydroxyl groups excluding tert-OH is 1. The fourth-order valence-corrected chi connectivity index (χ4v) is 1.44. The van der Waals surface area contributed by atoms with E-state index in [1.807, 2.05) is 13.8 Å². The van der Waals surface area contributed by atoms with Gasteiger partial charge in [0.05, 0.1) is 11.0 Å². The molecule has 0 saturated carbocycles. The SMILES string of the molecule is CC(C)(CO)CNc1nc2ccc(F)cc2[nH]1. The topological polar surface area (TPSA) is 60.9 Å². The zero-order valence-electron chi connectivity index (χ0n) is 9.92. The summed E-state index contributed by atoms with van der Waals surface area (Å²) in [4.78, 5) is 7.27. The average molecular weight is 237 g/mol. The lowest BCUT2D eigenvalue weighted by molar-refractivity contribution is 0.170. The van der Waals surface area contributed by atoms with Crippen molar-refractivity contribution in [3.63, 3.8) is 0 Å². The summed E-state index contributed by atoms with van der Waals surface area (Å²) in [7, 11) is 0. The Bertz CT molecular complexity index is 521. The van der Waals surface area contributed by atoms with E-state index in [2.05, 4.69) is 15.3 Å². The predicted molar refractivity (Wildman–Crippen MR) is 65.4 cm³/mol. The van der Waals surface area contributed by atoms with Crippen LogP contribution in [0, 0.1) is 11.2 Å². The number of aromatic nitrogens is 2.